The summed E-state index contributed by atoms with van der Waals surface area (Å²) >= 11 is 0. The Morgan fingerprint density at radius 1 is 1.00 bits per heavy atom. The first-order valence-electron chi connectivity index (χ1n) is 9.64. The second-order valence-corrected chi connectivity index (χ2v) is 8.81. The van der Waals surface area contributed by atoms with Crippen molar-refractivity contribution in [3.63, 3.8) is 0 Å². The van der Waals surface area contributed by atoms with Crippen molar-refractivity contribution < 1.29 is 13.3 Å². The van der Waals surface area contributed by atoms with Crippen molar-refractivity contribution in [1.29, 1.82) is 0 Å². The molecule has 0 amide bonds. The van der Waals surface area contributed by atoms with E-state index >= 15 is 0 Å². The molecule has 4 aromatic rings. The number of nitrogens with one attached hydrogen (secondary N) is 1. The number of nitrogens with two attached hydrogens (primary N) is 1. The molecular weight excluding hydrogens is 430 g/mol. The van der Waals surface area contributed by atoms with E-state index in [0.29, 0.717) is 16.8 Å². The summed E-state index contributed by atoms with van der Waals surface area (Å²) in [4.78, 5) is 26.8. The van der Waals surface area contributed by atoms with E-state index in [9.17, 15) is 13.2 Å². The van der Waals surface area contributed by atoms with Gasteiger partial charge in [0.2, 0.25) is 16.0 Å². The Morgan fingerprint density at radius 2 is 1.69 bits per heavy atom. The van der Waals surface area contributed by atoms with E-state index in [0.717, 1.165) is 21.4 Å². The minimum atomic E-state index is -3.88. The molecule has 0 saturated heterocycles. The molecule has 32 heavy (non-hydrogen) atoms. The number of primary sulfonamides is 1. The highest BCUT2D eigenvalue weighted by molar-refractivity contribution is 7.89. The van der Waals surface area contributed by atoms with Crippen molar-refractivity contribution >= 4 is 32.7 Å². The largest absolute Gasteiger partial charge is 0.412 e. The summed E-state index contributed by atoms with van der Waals surface area (Å²) in [6.45, 7) is 3.95. The van der Waals surface area contributed by atoms with Crippen molar-refractivity contribution in [3.05, 3.63) is 76.1 Å². The molecule has 9 nitrogen and oxygen atoms in total. The first-order chi connectivity index (χ1) is 15.2. The van der Waals surface area contributed by atoms with Gasteiger partial charge < -0.3 is 10.2 Å². The summed E-state index contributed by atoms with van der Waals surface area (Å²) in [5.74, 6) is 0.165. The second-order valence-electron chi connectivity index (χ2n) is 7.25. The van der Waals surface area contributed by atoms with E-state index in [2.05, 4.69) is 10.3 Å². The summed E-state index contributed by atoms with van der Waals surface area (Å²) in [7, 11) is -2.50. The number of aromatic nitrogens is 3. The zero-order valence-corrected chi connectivity index (χ0v) is 18.5. The van der Waals surface area contributed by atoms with Crippen LogP contribution in [0, 0.1) is 13.8 Å². The predicted molar refractivity (Wildman–Crippen MR) is 122 cm³/mol. The van der Waals surface area contributed by atoms with E-state index in [1.54, 1.807) is 18.2 Å². The van der Waals surface area contributed by atoms with Crippen LogP contribution in [0.3, 0.4) is 0 Å². The smallest absolute Gasteiger partial charge is 0.285 e. The number of fused-ring (bicyclic) bond motifs is 1. The predicted octanol–water partition coefficient (Wildman–Crippen LogP) is 2.52. The standard InChI is InChI=1S/C22H21N5O4S/c1-13-6-4-7-14(2)19(13)20-17-10-11-18(28)27(31-3)21(17)26-22(25-20)24-15-8-5-9-16(12-15)32(23,29)30/h4-12H,1-3H3,(H2,23,29,30)(H,24,25,26). The highest BCUT2D eigenvalue weighted by atomic mass is 32.2. The van der Waals surface area contributed by atoms with Gasteiger partial charge >= 0.3 is 0 Å². The van der Waals surface area contributed by atoms with Crippen LogP contribution in [-0.4, -0.2) is 30.2 Å². The number of pyridine rings is 1. The van der Waals surface area contributed by atoms with Crippen molar-refractivity contribution in [2.24, 2.45) is 5.14 Å². The van der Waals surface area contributed by atoms with E-state index in [1.807, 2.05) is 32.0 Å². The van der Waals surface area contributed by atoms with Crippen LogP contribution in [0.2, 0.25) is 0 Å². The van der Waals surface area contributed by atoms with Crippen LogP contribution in [0.25, 0.3) is 22.3 Å². The lowest BCUT2D eigenvalue weighted by atomic mass is 9.98. The molecule has 0 fully saturated rings. The maximum atomic E-state index is 12.3. The lowest BCUT2D eigenvalue weighted by Gasteiger charge is -2.16. The Balaban J connectivity index is 1.98. The van der Waals surface area contributed by atoms with E-state index in [-0.39, 0.29) is 22.1 Å². The average molecular weight is 452 g/mol. The number of rotatable bonds is 5. The molecule has 2 heterocycles. The van der Waals surface area contributed by atoms with Crippen molar-refractivity contribution in [3.8, 4) is 11.3 Å². The molecule has 0 atom stereocenters. The summed E-state index contributed by atoms with van der Waals surface area (Å²) in [5, 5.41) is 8.89. The monoisotopic (exact) mass is 451 g/mol. The maximum Gasteiger partial charge on any atom is 0.285 e. The first kappa shape index (κ1) is 21.5. The molecule has 0 bridgehead atoms. The molecular formula is C22H21N5O4S. The number of benzene rings is 2. The Hall–Kier alpha value is -3.76. The summed E-state index contributed by atoms with van der Waals surface area (Å²) in [6.07, 6.45) is 0. The van der Waals surface area contributed by atoms with Crippen LogP contribution in [0.1, 0.15) is 11.1 Å². The molecule has 0 aliphatic heterocycles. The molecule has 0 aliphatic rings. The summed E-state index contributed by atoms with van der Waals surface area (Å²) < 4.78 is 24.5. The second kappa shape index (κ2) is 8.06. The molecule has 10 heteroatoms. The van der Waals surface area contributed by atoms with Crippen LogP contribution < -0.4 is 20.9 Å². The molecule has 0 spiro atoms. The molecule has 4 rings (SSSR count). The fraction of sp³-hybridized carbons (Fsp3) is 0.136. The number of hydrogen-bond donors (Lipinski definition) is 2. The van der Waals surface area contributed by atoms with Crippen LogP contribution >= 0.6 is 0 Å². The molecule has 164 valence electrons. The lowest BCUT2D eigenvalue weighted by Crippen LogP contribution is -2.25. The number of anilines is 2. The molecule has 0 unspecified atom stereocenters. The van der Waals surface area contributed by atoms with Crippen LogP contribution in [-0.2, 0) is 10.0 Å². The fourth-order valence-electron chi connectivity index (χ4n) is 3.58. The Bertz CT molecular complexity index is 1490. The van der Waals surface area contributed by atoms with E-state index < -0.39 is 10.0 Å². The van der Waals surface area contributed by atoms with Crippen LogP contribution in [0.5, 0.6) is 0 Å². The fourth-order valence-corrected chi connectivity index (χ4v) is 4.14. The number of hydrogen-bond acceptors (Lipinski definition) is 7. The number of sulfonamides is 1. The summed E-state index contributed by atoms with van der Waals surface area (Å²) in [6, 6.07) is 15.0. The molecule has 2 aromatic heterocycles. The molecule has 0 saturated carbocycles. The van der Waals surface area contributed by atoms with Gasteiger partial charge in [-0.15, -0.1) is 4.73 Å². The molecule has 2 aromatic carbocycles. The van der Waals surface area contributed by atoms with Gasteiger partial charge in [0.15, 0.2) is 5.65 Å². The summed E-state index contributed by atoms with van der Waals surface area (Å²) in [5.41, 5.74) is 3.84. The number of aryl methyl sites for hydroxylation is 2. The maximum absolute atomic E-state index is 12.3. The highest BCUT2D eigenvalue weighted by Crippen LogP contribution is 2.32. The Morgan fingerprint density at radius 3 is 2.34 bits per heavy atom. The average Bonchev–Trinajstić information content (AvgIpc) is 2.73. The van der Waals surface area contributed by atoms with Gasteiger partial charge in [0.1, 0.15) is 7.11 Å². The van der Waals surface area contributed by atoms with Gasteiger partial charge in [0, 0.05) is 22.7 Å². The third kappa shape index (κ3) is 3.93. The zero-order chi connectivity index (χ0) is 23.0. The third-order valence-corrected chi connectivity index (χ3v) is 5.94. The van der Waals surface area contributed by atoms with Gasteiger partial charge in [0.25, 0.3) is 5.56 Å². The minimum Gasteiger partial charge on any atom is -0.412 e. The van der Waals surface area contributed by atoms with Gasteiger partial charge in [-0.25, -0.2) is 18.5 Å². The molecule has 3 N–H and O–H groups in total. The van der Waals surface area contributed by atoms with Gasteiger partial charge in [-0.1, -0.05) is 24.3 Å². The zero-order valence-electron chi connectivity index (χ0n) is 17.7. The third-order valence-electron chi connectivity index (χ3n) is 5.03. The number of nitrogens with zero attached hydrogens (tertiary/aromatic N) is 3. The van der Waals surface area contributed by atoms with Gasteiger partial charge in [-0.2, -0.15) is 4.98 Å². The first-order valence-corrected chi connectivity index (χ1v) is 11.2. The molecule has 0 radical (unpaired) electrons. The van der Waals surface area contributed by atoms with Crippen molar-refractivity contribution in [2.75, 3.05) is 12.4 Å². The van der Waals surface area contributed by atoms with Gasteiger partial charge in [-0.05, 0) is 49.2 Å². The lowest BCUT2D eigenvalue weighted by molar-refractivity contribution is 0.167. The Kier molecular flexibility index (Phi) is 5.41. The SMILES string of the molecule is COn1c(=O)ccc2c(-c3c(C)cccc3C)nc(Nc3cccc(S(N)(=O)=O)c3)nc21. The van der Waals surface area contributed by atoms with E-state index in [4.69, 9.17) is 15.0 Å². The normalized spacial score (nSPS) is 11.5. The van der Waals surface area contributed by atoms with Crippen molar-refractivity contribution in [1.82, 2.24) is 14.7 Å². The quantitative estimate of drug-likeness (QED) is 0.477. The van der Waals surface area contributed by atoms with Crippen molar-refractivity contribution in [2.45, 2.75) is 18.7 Å². The van der Waals surface area contributed by atoms with E-state index in [1.165, 1.54) is 25.3 Å². The van der Waals surface area contributed by atoms with Gasteiger partial charge in [0.05, 0.1) is 10.6 Å². The Labute approximate surface area is 184 Å². The van der Waals surface area contributed by atoms with Gasteiger partial charge in [-0.3, -0.25) is 4.79 Å². The minimum absolute atomic E-state index is 0.0490. The van der Waals surface area contributed by atoms with Crippen LogP contribution in [0.4, 0.5) is 11.6 Å². The topological polar surface area (TPSA) is 129 Å². The molecule has 0 aliphatic carbocycles. The highest BCUT2D eigenvalue weighted by Gasteiger charge is 2.18. The van der Waals surface area contributed by atoms with Crippen LogP contribution in [0.15, 0.2) is 64.3 Å².